The standard InChI is InChI=1S/C18H21BrO2/c1-11-8-12(2)17(13(3)9-11)18(19)15-7-6-14(20-4)10-16(15)21-5/h6-10,18H,1-5H3. The minimum atomic E-state index is 0.0963. The summed E-state index contributed by atoms with van der Waals surface area (Å²) in [5.41, 5.74) is 6.26. The fourth-order valence-electron chi connectivity index (χ4n) is 2.77. The summed E-state index contributed by atoms with van der Waals surface area (Å²) in [6.45, 7) is 6.43. The summed E-state index contributed by atoms with van der Waals surface area (Å²) >= 11 is 3.84. The second kappa shape index (κ2) is 6.52. The number of halogens is 1. The molecule has 0 aliphatic rings. The summed E-state index contributed by atoms with van der Waals surface area (Å²) in [5, 5.41) is 0. The summed E-state index contributed by atoms with van der Waals surface area (Å²) in [6, 6.07) is 10.4. The molecule has 0 heterocycles. The van der Waals surface area contributed by atoms with E-state index in [0.29, 0.717) is 0 Å². The number of methoxy groups -OCH3 is 2. The van der Waals surface area contributed by atoms with E-state index in [9.17, 15) is 0 Å². The first kappa shape index (κ1) is 15.9. The topological polar surface area (TPSA) is 18.5 Å². The summed E-state index contributed by atoms with van der Waals surface area (Å²) in [4.78, 5) is 0.0963. The average molecular weight is 349 g/mol. The van der Waals surface area contributed by atoms with Gasteiger partial charge in [-0.2, -0.15) is 0 Å². The summed E-state index contributed by atoms with van der Waals surface area (Å²) < 4.78 is 10.8. The van der Waals surface area contributed by atoms with Gasteiger partial charge in [0.2, 0.25) is 0 Å². The van der Waals surface area contributed by atoms with Crippen molar-refractivity contribution in [3.8, 4) is 11.5 Å². The lowest BCUT2D eigenvalue weighted by molar-refractivity contribution is 0.391. The maximum atomic E-state index is 5.52. The van der Waals surface area contributed by atoms with Crippen molar-refractivity contribution in [2.75, 3.05) is 14.2 Å². The zero-order valence-electron chi connectivity index (χ0n) is 13.2. The van der Waals surface area contributed by atoms with Crippen molar-refractivity contribution in [1.29, 1.82) is 0 Å². The van der Waals surface area contributed by atoms with Gasteiger partial charge in [-0.25, -0.2) is 0 Å². The van der Waals surface area contributed by atoms with E-state index in [1.54, 1.807) is 14.2 Å². The molecule has 0 fully saturated rings. The molecule has 112 valence electrons. The molecule has 0 N–H and O–H groups in total. The highest BCUT2D eigenvalue weighted by atomic mass is 79.9. The maximum absolute atomic E-state index is 5.52. The molecule has 0 aliphatic carbocycles. The first-order valence-electron chi connectivity index (χ1n) is 6.91. The lowest BCUT2D eigenvalue weighted by Crippen LogP contribution is -2.02. The van der Waals surface area contributed by atoms with Gasteiger partial charge >= 0.3 is 0 Å². The Labute approximate surface area is 135 Å². The molecular formula is C18H21BrO2. The Hall–Kier alpha value is -1.48. The number of hydrogen-bond acceptors (Lipinski definition) is 2. The van der Waals surface area contributed by atoms with E-state index in [4.69, 9.17) is 9.47 Å². The van der Waals surface area contributed by atoms with Crippen LogP contribution in [0.2, 0.25) is 0 Å². The molecule has 3 heteroatoms. The van der Waals surface area contributed by atoms with Crippen molar-refractivity contribution in [1.82, 2.24) is 0 Å². The largest absolute Gasteiger partial charge is 0.497 e. The summed E-state index contributed by atoms with van der Waals surface area (Å²) in [6.07, 6.45) is 0. The third-order valence-corrected chi connectivity index (χ3v) is 4.66. The highest BCUT2D eigenvalue weighted by Crippen LogP contribution is 2.41. The van der Waals surface area contributed by atoms with Crippen LogP contribution in [0.5, 0.6) is 11.5 Å². The van der Waals surface area contributed by atoms with Crippen molar-refractivity contribution >= 4 is 15.9 Å². The van der Waals surface area contributed by atoms with Crippen LogP contribution in [0.15, 0.2) is 30.3 Å². The lowest BCUT2D eigenvalue weighted by Gasteiger charge is -2.20. The van der Waals surface area contributed by atoms with Crippen LogP contribution in [-0.4, -0.2) is 14.2 Å². The monoisotopic (exact) mass is 348 g/mol. The van der Waals surface area contributed by atoms with Gasteiger partial charge in [0.1, 0.15) is 11.5 Å². The minimum Gasteiger partial charge on any atom is -0.497 e. The molecule has 0 aromatic heterocycles. The third-order valence-electron chi connectivity index (χ3n) is 3.71. The fourth-order valence-corrected chi connectivity index (χ4v) is 3.87. The van der Waals surface area contributed by atoms with Gasteiger partial charge in [-0.1, -0.05) is 39.7 Å². The maximum Gasteiger partial charge on any atom is 0.127 e. The van der Waals surface area contributed by atoms with Gasteiger partial charge in [-0.15, -0.1) is 0 Å². The SMILES string of the molecule is COc1ccc(C(Br)c2c(C)cc(C)cc2C)c(OC)c1. The van der Waals surface area contributed by atoms with Gasteiger partial charge in [0.25, 0.3) is 0 Å². The first-order valence-corrected chi connectivity index (χ1v) is 7.83. The number of hydrogen-bond donors (Lipinski definition) is 0. The molecule has 1 unspecified atom stereocenters. The molecule has 0 amide bonds. The van der Waals surface area contributed by atoms with Crippen molar-refractivity contribution in [3.63, 3.8) is 0 Å². The first-order chi connectivity index (χ1) is 9.97. The fraction of sp³-hybridized carbons (Fsp3) is 0.333. The predicted molar refractivity (Wildman–Crippen MR) is 91.0 cm³/mol. The van der Waals surface area contributed by atoms with Crippen molar-refractivity contribution in [2.45, 2.75) is 25.6 Å². The number of rotatable bonds is 4. The highest BCUT2D eigenvalue weighted by Gasteiger charge is 2.19. The van der Waals surface area contributed by atoms with E-state index in [1.807, 2.05) is 12.1 Å². The molecule has 2 rings (SSSR count). The average Bonchev–Trinajstić information content (AvgIpc) is 2.45. The van der Waals surface area contributed by atoms with E-state index < -0.39 is 0 Å². The molecular weight excluding hydrogens is 328 g/mol. The van der Waals surface area contributed by atoms with Crippen molar-refractivity contribution < 1.29 is 9.47 Å². The van der Waals surface area contributed by atoms with Crippen LogP contribution in [0.4, 0.5) is 0 Å². The van der Waals surface area contributed by atoms with Crippen LogP contribution in [0.3, 0.4) is 0 Å². The summed E-state index contributed by atoms with van der Waals surface area (Å²) in [5.74, 6) is 1.63. The highest BCUT2D eigenvalue weighted by molar-refractivity contribution is 9.09. The smallest absolute Gasteiger partial charge is 0.127 e. The van der Waals surface area contributed by atoms with Crippen LogP contribution in [0.25, 0.3) is 0 Å². The van der Waals surface area contributed by atoms with Gasteiger partial charge in [-0.3, -0.25) is 0 Å². The van der Waals surface area contributed by atoms with Gasteiger partial charge < -0.3 is 9.47 Å². The molecule has 2 aromatic rings. The Morgan fingerprint density at radius 2 is 1.52 bits per heavy atom. The molecule has 2 aromatic carbocycles. The molecule has 1 atom stereocenters. The van der Waals surface area contributed by atoms with E-state index in [2.05, 4.69) is 54.9 Å². The predicted octanol–water partition coefficient (Wildman–Crippen LogP) is 5.11. The van der Waals surface area contributed by atoms with Gasteiger partial charge in [0.05, 0.1) is 19.0 Å². The Morgan fingerprint density at radius 3 is 2.05 bits per heavy atom. The number of aryl methyl sites for hydroxylation is 3. The van der Waals surface area contributed by atoms with Gasteiger partial charge in [-0.05, 0) is 43.5 Å². The minimum absolute atomic E-state index is 0.0963. The lowest BCUT2D eigenvalue weighted by atomic mass is 9.93. The Kier molecular flexibility index (Phi) is 4.94. The Balaban J connectivity index is 2.52. The normalized spacial score (nSPS) is 12.1. The zero-order valence-corrected chi connectivity index (χ0v) is 14.7. The van der Waals surface area contributed by atoms with E-state index in [1.165, 1.54) is 22.3 Å². The molecule has 0 spiro atoms. The van der Waals surface area contributed by atoms with Crippen LogP contribution >= 0.6 is 15.9 Å². The van der Waals surface area contributed by atoms with E-state index >= 15 is 0 Å². The molecule has 2 nitrogen and oxygen atoms in total. The van der Waals surface area contributed by atoms with Gasteiger partial charge in [0, 0.05) is 11.6 Å². The van der Waals surface area contributed by atoms with Crippen LogP contribution < -0.4 is 9.47 Å². The molecule has 21 heavy (non-hydrogen) atoms. The van der Waals surface area contributed by atoms with Crippen molar-refractivity contribution in [2.24, 2.45) is 0 Å². The van der Waals surface area contributed by atoms with Gasteiger partial charge in [0.15, 0.2) is 0 Å². The molecule has 0 saturated heterocycles. The quantitative estimate of drug-likeness (QED) is 0.714. The summed E-state index contributed by atoms with van der Waals surface area (Å²) in [7, 11) is 3.35. The zero-order chi connectivity index (χ0) is 15.6. The molecule has 0 radical (unpaired) electrons. The van der Waals surface area contributed by atoms with E-state index in [-0.39, 0.29) is 4.83 Å². The molecule has 0 saturated carbocycles. The Morgan fingerprint density at radius 1 is 0.905 bits per heavy atom. The second-order valence-corrected chi connectivity index (χ2v) is 6.20. The van der Waals surface area contributed by atoms with E-state index in [0.717, 1.165) is 17.1 Å². The Bertz CT molecular complexity index is 627. The molecule has 0 bridgehead atoms. The third kappa shape index (κ3) is 3.24. The van der Waals surface area contributed by atoms with Crippen LogP contribution in [0.1, 0.15) is 32.6 Å². The number of ether oxygens (including phenoxy) is 2. The molecule has 0 aliphatic heterocycles. The second-order valence-electron chi connectivity index (χ2n) is 5.28. The number of alkyl halides is 1. The number of benzene rings is 2. The van der Waals surface area contributed by atoms with Crippen LogP contribution in [0, 0.1) is 20.8 Å². The van der Waals surface area contributed by atoms with Crippen LogP contribution in [-0.2, 0) is 0 Å². The van der Waals surface area contributed by atoms with Crippen molar-refractivity contribution in [3.05, 3.63) is 58.1 Å².